The first-order chi connectivity index (χ1) is 4.43. The Morgan fingerprint density at radius 1 is 1.20 bits per heavy atom. The molecule has 0 aliphatic carbocycles. The van der Waals surface area contributed by atoms with Crippen LogP contribution in [0.25, 0.3) is 0 Å². The third kappa shape index (κ3) is 2.92. The number of hydrogen-bond acceptors (Lipinski definition) is 2. The minimum atomic E-state index is 0. The van der Waals surface area contributed by atoms with E-state index in [9.17, 15) is 4.79 Å². The van der Waals surface area contributed by atoms with Crippen molar-refractivity contribution in [3.63, 3.8) is 0 Å². The molecule has 0 atom stereocenters. The van der Waals surface area contributed by atoms with Gasteiger partial charge in [0, 0.05) is 0 Å². The van der Waals surface area contributed by atoms with Crippen molar-refractivity contribution in [2.75, 3.05) is 0 Å². The van der Waals surface area contributed by atoms with Gasteiger partial charge < -0.3 is 4.74 Å². The molecule has 0 amide bonds. The van der Waals surface area contributed by atoms with Gasteiger partial charge in [-0.3, -0.25) is 4.79 Å². The molecule has 1 rings (SSSR count). The van der Waals surface area contributed by atoms with Crippen LogP contribution in [0.5, 0.6) is 5.75 Å². The average molecular weight is 240 g/mol. The molecule has 0 saturated heterocycles. The fourth-order valence-corrected chi connectivity index (χ4v) is 0.555. The normalized spacial score (nSPS) is 7.60. The van der Waals surface area contributed by atoms with Crippen LogP contribution in [0.3, 0.4) is 0 Å². The van der Waals surface area contributed by atoms with E-state index < -0.39 is 0 Å². The number of carbonyl (C=O) groups is 1. The van der Waals surface area contributed by atoms with Gasteiger partial charge >= 0.3 is 25.8 Å². The zero-order chi connectivity index (χ0) is 6.53. The SMILES string of the molecule is O=COc1ccccc1.[InH3]. The van der Waals surface area contributed by atoms with Crippen molar-refractivity contribution in [2.45, 2.75) is 0 Å². The van der Waals surface area contributed by atoms with E-state index in [1.54, 1.807) is 24.3 Å². The molecule has 0 aliphatic rings. The molecule has 0 radical (unpaired) electrons. The molecule has 52 valence electrons. The summed E-state index contributed by atoms with van der Waals surface area (Å²) in [5.41, 5.74) is 0. The van der Waals surface area contributed by atoms with Crippen molar-refractivity contribution in [3.8, 4) is 5.75 Å². The quantitative estimate of drug-likeness (QED) is 0.682. The number of hydrogen-bond donors (Lipinski definition) is 0. The van der Waals surface area contributed by atoms with Gasteiger partial charge in [0.15, 0.2) is 0 Å². The fraction of sp³-hybridized carbons (Fsp3) is 0. The van der Waals surface area contributed by atoms with Gasteiger partial charge in [-0.1, -0.05) is 18.2 Å². The predicted molar refractivity (Wildman–Crippen MR) is 43.1 cm³/mol. The average Bonchev–Trinajstić information content (AvgIpc) is 1.91. The van der Waals surface area contributed by atoms with E-state index in [1.165, 1.54) is 0 Å². The summed E-state index contributed by atoms with van der Waals surface area (Å²) in [6, 6.07) is 8.90. The maximum atomic E-state index is 9.75. The van der Waals surface area contributed by atoms with E-state index in [-0.39, 0.29) is 25.8 Å². The molecule has 0 spiro atoms. The summed E-state index contributed by atoms with van der Waals surface area (Å²) in [4.78, 5) is 9.75. The van der Waals surface area contributed by atoms with Crippen molar-refractivity contribution >= 4 is 32.3 Å². The maximum absolute atomic E-state index is 9.75. The topological polar surface area (TPSA) is 26.3 Å². The minimum absolute atomic E-state index is 0. The molecular weight excluding hydrogens is 231 g/mol. The van der Waals surface area contributed by atoms with Crippen molar-refractivity contribution in [1.82, 2.24) is 0 Å². The Kier molecular flexibility index (Phi) is 5.12. The van der Waals surface area contributed by atoms with Gasteiger partial charge in [-0.25, -0.2) is 0 Å². The third-order valence-corrected chi connectivity index (χ3v) is 0.927. The monoisotopic (exact) mass is 240 g/mol. The summed E-state index contributed by atoms with van der Waals surface area (Å²) >= 11 is 0. The van der Waals surface area contributed by atoms with E-state index in [0.717, 1.165) is 0 Å². The standard InChI is InChI=1S/C7H6O2.In.3H/c8-6-9-7-4-2-1-3-5-7;;;;/h1-6H;;;;. The summed E-state index contributed by atoms with van der Waals surface area (Å²) in [6.07, 6.45) is 0. The Morgan fingerprint density at radius 3 is 2.30 bits per heavy atom. The van der Waals surface area contributed by atoms with Crippen LogP contribution in [-0.4, -0.2) is 32.3 Å². The fourth-order valence-electron chi connectivity index (χ4n) is 0.555. The van der Waals surface area contributed by atoms with E-state index in [2.05, 4.69) is 4.74 Å². The van der Waals surface area contributed by atoms with Crippen molar-refractivity contribution in [3.05, 3.63) is 30.3 Å². The Bertz CT molecular complexity index is 186. The number of para-hydroxylation sites is 1. The predicted octanol–water partition coefficient (Wildman–Crippen LogP) is 0.0379. The van der Waals surface area contributed by atoms with Crippen LogP contribution in [0.2, 0.25) is 0 Å². The second-order valence-electron chi connectivity index (χ2n) is 1.53. The molecule has 0 fully saturated rings. The van der Waals surface area contributed by atoms with Crippen LogP contribution >= 0.6 is 0 Å². The summed E-state index contributed by atoms with van der Waals surface area (Å²) in [5.74, 6) is 0.576. The summed E-state index contributed by atoms with van der Waals surface area (Å²) in [5, 5.41) is 0. The number of benzene rings is 1. The van der Waals surface area contributed by atoms with E-state index in [1.807, 2.05) is 6.07 Å². The molecule has 0 unspecified atom stereocenters. The van der Waals surface area contributed by atoms with Crippen LogP contribution in [0.4, 0.5) is 0 Å². The van der Waals surface area contributed by atoms with Gasteiger partial charge in [0.1, 0.15) is 5.75 Å². The van der Waals surface area contributed by atoms with Crippen LogP contribution in [0.15, 0.2) is 30.3 Å². The molecular formula is C7H9InO2. The third-order valence-electron chi connectivity index (χ3n) is 0.927. The zero-order valence-electron chi connectivity index (χ0n) is 4.78. The second-order valence-corrected chi connectivity index (χ2v) is 1.53. The molecule has 2 nitrogen and oxygen atoms in total. The molecule has 10 heavy (non-hydrogen) atoms. The van der Waals surface area contributed by atoms with Crippen LogP contribution < -0.4 is 4.74 Å². The Hall–Kier alpha value is -0.440. The molecule has 1 aromatic rings. The van der Waals surface area contributed by atoms with Gasteiger partial charge in [0.25, 0.3) is 6.47 Å². The van der Waals surface area contributed by atoms with Crippen molar-refractivity contribution in [1.29, 1.82) is 0 Å². The molecule has 1 aromatic carbocycles. The molecule has 0 heterocycles. The second kappa shape index (κ2) is 5.35. The molecule has 0 saturated carbocycles. The number of rotatable bonds is 2. The Balaban J connectivity index is 0.000000810. The molecule has 0 N–H and O–H groups in total. The van der Waals surface area contributed by atoms with E-state index in [0.29, 0.717) is 12.2 Å². The van der Waals surface area contributed by atoms with E-state index in [4.69, 9.17) is 0 Å². The first kappa shape index (κ1) is 9.56. The molecule has 0 aromatic heterocycles. The first-order valence-corrected chi connectivity index (χ1v) is 2.59. The molecule has 0 bridgehead atoms. The van der Waals surface area contributed by atoms with Gasteiger partial charge in [-0.15, -0.1) is 0 Å². The summed E-state index contributed by atoms with van der Waals surface area (Å²) in [6.45, 7) is 0.412. The first-order valence-electron chi connectivity index (χ1n) is 2.59. The number of carbonyl (C=O) groups excluding carboxylic acids is 1. The van der Waals surface area contributed by atoms with Gasteiger partial charge in [0.2, 0.25) is 0 Å². The van der Waals surface area contributed by atoms with E-state index >= 15 is 0 Å². The zero-order valence-corrected chi connectivity index (χ0v) is 4.78. The molecule has 3 heteroatoms. The van der Waals surface area contributed by atoms with Gasteiger partial charge in [-0.05, 0) is 12.1 Å². The van der Waals surface area contributed by atoms with Crippen molar-refractivity contribution in [2.24, 2.45) is 0 Å². The Labute approximate surface area is 78.0 Å². The number of ether oxygens (including phenoxy) is 1. The summed E-state index contributed by atoms with van der Waals surface area (Å²) in [7, 11) is 0. The summed E-state index contributed by atoms with van der Waals surface area (Å²) < 4.78 is 4.53. The Morgan fingerprint density at radius 2 is 1.80 bits per heavy atom. The van der Waals surface area contributed by atoms with Gasteiger partial charge in [0.05, 0.1) is 0 Å². The van der Waals surface area contributed by atoms with Gasteiger partial charge in [-0.2, -0.15) is 0 Å². The van der Waals surface area contributed by atoms with Crippen LogP contribution in [0, 0.1) is 0 Å². The molecule has 0 aliphatic heterocycles. The van der Waals surface area contributed by atoms with Crippen LogP contribution in [-0.2, 0) is 4.79 Å². The van der Waals surface area contributed by atoms with Crippen LogP contribution in [0.1, 0.15) is 0 Å². The van der Waals surface area contributed by atoms with Crippen molar-refractivity contribution < 1.29 is 9.53 Å².